The highest BCUT2D eigenvalue weighted by Crippen LogP contribution is 2.18. The molecule has 4 nitrogen and oxygen atoms in total. The minimum Gasteiger partial charge on any atom is -0.396 e. The van der Waals surface area contributed by atoms with Crippen LogP contribution in [0.5, 0.6) is 0 Å². The number of rotatable bonds is 7. The van der Waals surface area contributed by atoms with Crippen LogP contribution in [0.4, 0.5) is 0 Å². The van der Waals surface area contributed by atoms with E-state index >= 15 is 0 Å². The number of benzene rings is 1. The van der Waals surface area contributed by atoms with Crippen molar-refractivity contribution in [1.82, 2.24) is 4.90 Å². The zero-order valence-electron chi connectivity index (χ0n) is 12.7. The summed E-state index contributed by atoms with van der Waals surface area (Å²) in [5.41, 5.74) is 7.12. The highest BCUT2D eigenvalue weighted by Gasteiger charge is 2.16. The summed E-state index contributed by atoms with van der Waals surface area (Å²) in [6.07, 6.45) is 0.756. The van der Waals surface area contributed by atoms with Gasteiger partial charge in [-0.05, 0) is 29.5 Å². The molecule has 1 rings (SSSR count). The summed E-state index contributed by atoms with van der Waals surface area (Å²) in [6.45, 7) is 9.32. The van der Waals surface area contributed by atoms with Crippen LogP contribution < -0.4 is 5.73 Å². The van der Waals surface area contributed by atoms with E-state index in [9.17, 15) is 4.79 Å². The van der Waals surface area contributed by atoms with E-state index < -0.39 is 5.91 Å². The molecule has 1 aromatic rings. The van der Waals surface area contributed by atoms with E-state index in [1.54, 1.807) is 6.07 Å². The van der Waals surface area contributed by atoms with E-state index in [4.69, 9.17) is 10.8 Å². The average molecular weight is 278 g/mol. The normalized spacial score (nSPS) is 11.8. The van der Waals surface area contributed by atoms with Gasteiger partial charge in [0.25, 0.3) is 0 Å². The molecule has 0 aliphatic carbocycles. The molecule has 112 valence electrons. The maximum Gasteiger partial charge on any atom is 0.248 e. The minimum absolute atomic E-state index is 0.191. The Balaban J connectivity index is 2.77. The topological polar surface area (TPSA) is 66.6 Å². The maximum atomic E-state index is 11.2. The summed E-state index contributed by atoms with van der Waals surface area (Å²) in [4.78, 5) is 13.5. The standard InChI is InChI=1S/C16H26N2O2/c1-16(2,3)12-18(8-5-9-19)11-13-6-4-7-14(10-13)15(17)20/h4,6-7,10,19H,5,8-9,11-12H2,1-3H3,(H2,17,20). The molecule has 0 aliphatic rings. The number of amides is 1. The minimum atomic E-state index is -0.399. The van der Waals surface area contributed by atoms with Crippen LogP contribution in [-0.2, 0) is 6.54 Å². The molecule has 0 bridgehead atoms. The second-order valence-electron chi connectivity index (χ2n) is 6.41. The third-order valence-electron chi connectivity index (χ3n) is 2.95. The van der Waals surface area contributed by atoms with Gasteiger partial charge < -0.3 is 10.8 Å². The average Bonchev–Trinajstić information content (AvgIpc) is 2.34. The van der Waals surface area contributed by atoms with E-state index in [0.717, 1.165) is 31.6 Å². The van der Waals surface area contributed by atoms with Gasteiger partial charge in [-0.15, -0.1) is 0 Å². The fourth-order valence-corrected chi connectivity index (χ4v) is 2.26. The lowest BCUT2D eigenvalue weighted by molar-refractivity contribution is 0.1000. The Morgan fingerprint density at radius 3 is 2.60 bits per heavy atom. The van der Waals surface area contributed by atoms with Crippen molar-refractivity contribution < 1.29 is 9.90 Å². The van der Waals surface area contributed by atoms with Crippen molar-refractivity contribution in [2.45, 2.75) is 33.7 Å². The molecule has 0 unspecified atom stereocenters. The van der Waals surface area contributed by atoms with Gasteiger partial charge in [0, 0.05) is 31.8 Å². The second-order valence-corrected chi connectivity index (χ2v) is 6.41. The summed E-state index contributed by atoms with van der Waals surface area (Å²) in [7, 11) is 0. The third-order valence-corrected chi connectivity index (χ3v) is 2.95. The van der Waals surface area contributed by atoms with Gasteiger partial charge in [-0.25, -0.2) is 0 Å². The van der Waals surface area contributed by atoms with E-state index in [-0.39, 0.29) is 12.0 Å². The molecule has 1 amide bonds. The van der Waals surface area contributed by atoms with Crippen LogP contribution in [0.2, 0.25) is 0 Å². The zero-order valence-corrected chi connectivity index (χ0v) is 12.7. The van der Waals surface area contributed by atoms with E-state index in [1.165, 1.54) is 0 Å². The zero-order chi connectivity index (χ0) is 15.2. The van der Waals surface area contributed by atoms with Crippen molar-refractivity contribution >= 4 is 5.91 Å². The molecule has 0 saturated carbocycles. The molecule has 1 aromatic carbocycles. The molecule has 0 atom stereocenters. The first-order valence-corrected chi connectivity index (χ1v) is 7.04. The van der Waals surface area contributed by atoms with Gasteiger partial charge in [-0.1, -0.05) is 32.9 Å². The van der Waals surface area contributed by atoms with Crippen LogP contribution in [0, 0.1) is 5.41 Å². The molecule has 3 N–H and O–H groups in total. The first-order valence-electron chi connectivity index (χ1n) is 7.04. The molecule has 0 aliphatic heterocycles. The highest BCUT2D eigenvalue weighted by molar-refractivity contribution is 5.92. The van der Waals surface area contributed by atoms with Crippen molar-refractivity contribution in [2.24, 2.45) is 11.1 Å². The van der Waals surface area contributed by atoms with Crippen LogP contribution in [0.3, 0.4) is 0 Å². The van der Waals surface area contributed by atoms with E-state index in [2.05, 4.69) is 25.7 Å². The van der Waals surface area contributed by atoms with Crippen molar-refractivity contribution in [2.75, 3.05) is 19.7 Å². The van der Waals surface area contributed by atoms with Crippen LogP contribution in [-0.4, -0.2) is 35.6 Å². The molecule has 0 fully saturated rings. The number of carbonyl (C=O) groups excluding carboxylic acids is 1. The molecule has 20 heavy (non-hydrogen) atoms. The van der Waals surface area contributed by atoms with Gasteiger partial charge in [0.15, 0.2) is 0 Å². The Morgan fingerprint density at radius 1 is 1.35 bits per heavy atom. The quantitative estimate of drug-likeness (QED) is 0.802. The largest absolute Gasteiger partial charge is 0.396 e. The molecule has 0 heterocycles. The SMILES string of the molecule is CC(C)(C)CN(CCCO)Cc1cccc(C(N)=O)c1. The molecular formula is C16H26N2O2. The van der Waals surface area contributed by atoms with E-state index in [1.807, 2.05) is 18.2 Å². The maximum absolute atomic E-state index is 11.2. The van der Waals surface area contributed by atoms with Crippen LogP contribution in [0.25, 0.3) is 0 Å². The summed E-state index contributed by atoms with van der Waals surface area (Å²) in [6, 6.07) is 7.43. The van der Waals surface area contributed by atoms with Crippen LogP contribution in [0.1, 0.15) is 43.1 Å². The Bertz CT molecular complexity index is 438. The number of aliphatic hydroxyl groups excluding tert-OH is 1. The molecule has 4 heteroatoms. The van der Waals surface area contributed by atoms with Gasteiger partial charge in [0.05, 0.1) is 0 Å². The lowest BCUT2D eigenvalue weighted by Gasteiger charge is -2.30. The summed E-state index contributed by atoms with van der Waals surface area (Å²) >= 11 is 0. The van der Waals surface area contributed by atoms with Gasteiger partial charge in [0.2, 0.25) is 5.91 Å². The molecular weight excluding hydrogens is 252 g/mol. The highest BCUT2D eigenvalue weighted by atomic mass is 16.3. The monoisotopic (exact) mass is 278 g/mol. The Hall–Kier alpha value is -1.39. The number of primary amides is 1. The molecule has 0 spiro atoms. The number of carbonyl (C=O) groups is 1. The molecule has 0 aromatic heterocycles. The van der Waals surface area contributed by atoms with Gasteiger partial charge in [-0.3, -0.25) is 9.69 Å². The summed E-state index contributed by atoms with van der Waals surface area (Å²) in [5.74, 6) is -0.399. The number of nitrogens with two attached hydrogens (primary N) is 1. The smallest absolute Gasteiger partial charge is 0.248 e. The summed E-state index contributed by atoms with van der Waals surface area (Å²) in [5, 5.41) is 9.01. The van der Waals surface area contributed by atoms with Crippen molar-refractivity contribution in [3.63, 3.8) is 0 Å². The Kier molecular flexibility index (Phi) is 6.17. The predicted octanol–water partition coefficient (Wildman–Crippen LogP) is 2.02. The number of nitrogens with zero attached hydrogens (tertiary/aromatic N) is 1. The first kappa shape index (κ1) is 16.7. The number of aliphatic hydroxyl groups is 1. The number of hydrogen-bond acceptors (Lipinski definition) is 3. The van der Waals surface area contributed by atoms with Gasteiger partial charge >= 0.3 is 0 Å². The van der Waals surface area contributed by atoms with Crippen LogP contribution >= 0.6 is 0 Å². The fraction of sp³-hybridized carbons (Fsp3) is 0.562. The lowest BCUT2D eigenvalue weighted by atomic mass is 9.95. The third kappa shape index (κ3) is 6.17. The van der Waals surface area contributed by atoms with Crippen molar-refractivity contribution in [3.05, 3.63) is 35.4 Å². The van der Waals surface area contributed by atoms with Crippen molar-refractivity contribution in [3.8, 4) is 0 Å². The van der Waals surface area contributed by atoms with Gasteiger partial charge in [-0.2, -0.15) is 0 Å². The second kappa shape index (κ2) is 7.41. The first-order chi connectivity index (χ1) is 9.31. The molecule has 0 saturated heterocycles. The molecule has 0 radical (unpaired) electrons. The Labute approximate surface area is 121 Å². The van der Waals surface area contributed by atoms with Gasteiger partial charge in [0.1, 0.15) is 0 Å². The fourth-order valence-electron chi connectivity index (χ4n) is 2.26. The Morgan fingerprint density at radius 2 is 2.05 bits per heavy atom. The lowest BCUT2D eigenvalue weighted by Crippen LogP contribution is -2.33. The summed E-state index contributed by atoms with van der Waals surface area (Å²) < 4.78 is 0. The number of hydrogen-bond donors (Lipinski definition) is 2. The predicted molar refractivity (Wildman–Crippen MR) is 81.4 cm³/mol. The van der Waals surface area contributed by atoms with E-state index in [0.29, 0.717) is 5.56 Å². The van der Waals surface area contributed by atoms with Crippen LogP contribution in [0.15, 0.2) is 24.3 Å². The van der Waals surface area contributed by atoms with Crippen molar-refractivity contribution in [1.29, 1.82) is 0 Å².